The molecule has 1 aromatic rings. The Morgan fingerprint density at radius 1 is 1.65 bits per heavy atom. The smallest absolute Gasteiger partial charge is 0.245 e. The number of halogens is 1. The Morgan fingerprint density at radius 2 is 2.29 bits per heavy atom. The minimum Gasteiger partial charge on any atom is -0.391 e. The minimum atomic E-state index is -3.59. The molecule has 1 rings (SSSR count). The molecule has 1 N–H and O–H groups in total. The molecule has 0 unspecified atom stereocenters. The molecule has 7 heteroatoms. The van der Waals surface area contributed by atoms with Crippen LogP contribution in [0.3, 0.4) is 0 Å². The molecule has 1 aromatic heterocycles. The first-order chi connectivity index (χ1) is 7.97. The van der Waals surface area contributed by atoms with Gasteiger partial charge in [0.05, 0.1) is 16.9 Å². The average molecular weight is 338 g/mol. The van der Waals surface area contributed by atoms with Crippen LogP contribution < -0.4 is 0 Å². The molecule has 4 nitrogen and oxygen atoms in total. The van der Waals surface area contributed by atoms with Crippen LogP contribution in [0, 0.1) is 12.3 Å². The van der Waals surface area contributed by atoms with Gasteiger partial charge in [-0.05, 0) is 22.0 Å². The average Bonchev–Trinajstić information content (AvgIpc) is 2.67. The van der Waals surface area contributed by atoms with Crippen LogP contribution in [0.4, 0.5) is 0 Å². The topological polar surface area (TPSA) is 57.6 Å². The van der Waals surface area contributed by atoms with Crippen LogP contribution in [0.5, 0.6) is 0 Å². The fourth-order valence-electron chi connectivity index (χ4n) is 1.26. The predicted octanol–water partition coefficient (Wildman–Crippen LogP) is 1.65. The highest BCUT2D eigenvalue weighted by molar-refractivity contribution is 9.11. The number of nitrogens with zero attached hydrogens (tertiary/aromatic N) is 1. The second-order valence-electron chi connectivity index (χ2n) is 3.14. The molecule has 0 saturated carbocycles. The van der Waals surface area contributed by atoms with E-state index in [1.54, 1.807) is 6.92 Å². The first kappa shape index (κ1) is 14.7. The fourth-order valence-corrected chi connectivity index (χ4v) is 5.11. The standard InChI is InChI=1S/C10H12BrNO3S2/c1-3-5-12(4-2)17(14,15)9-6-8(7-13)16-10(9)11/h1,6,13H,4-5,7H2,2H3. The number of aliphatic hydroxyl groups is 1. The third kappa shape index (κ3) is 3.09. The predicted molar refractivity (Wildman–Crippen MR) is 71.2 cm³/mol. The molecule has 0 atom stereocenters. The molecule has 0 aliphatic heterocycles. The van der Waals surface area contributed by atoms with Crippen LogP contribution in [0.25, 0.3) is 0 Å². The Balaban J connectivity index is 3.20. The molecule has 17 heavy (non-hydrogen) atoms. The SMILES string of the molecule is C#CCN(CC)S(=O)(=O)c1cc(CO)sc1Br. The molecule has 1 heterocycles. The maximum atomic E-state index is 12.2. The number of rotatable bonds is 5. The zero-order valence-corrected chi connectivity index (χ0v) is 12.4. The number of thiophene rings is 1. The van der Waals surface area contributed by atoms with Gasteiger partial charge in [-0.3, -0.25) is 0 Å². The van der Waals surface area contributed by atoms with Crippen molar-refractivity contribution in [1.82, 2.24) is 4.31 Å². The maximum absolute atomic E-state index is 12.2. The molecular weight excluding hydrogens is 326 g/mol. The van der Waals surface area contributed by atoms with Crippen molar-refractivity contribution < 1.29 is 13.5 Å². The van der Waals surface area contributed by atoms with Gasteiger partial charge < -0.3 is 5.11 Å². The lowest BCUT2D eigenvalue weighted by Crippen LogP contribution is -2.31. The van der Waals surface area contributed by atoms with Crippen LogP contribution in [-0.2, 0) is 16.6 Å². The van der Waals surface area contributed by atoms with E-state index >= 15 is 0 Å². The van der Waals surface area contributed by atoms with Crippen LogP contribution in [0.15, 0.2) is 14.7 Å². The number of sulfonamides is 1. The highest BCUT2D eigenvalue weighted by Gasteiger charge is 2.26. The molecule has 0 spiro atoms. The van der Waals surface area contributed by atoms with Crippen LogP contribution >= 0.6 is 27.3 Å². The second-order valence-corrected chi connectivity index (χ2v) is 7.51. The van der Waals surface area contributed by atoms with E-state index in [2.05, 4.69) is 21.9 Å². The van der Waals surface area contributed by atoms with E-state index in [1.165, 1.54) is 21.7 Å². The van der Waals surface area contributed by atoms with Crippen molar-refractivity contribution in [2.45, 2.75) is 18.4 Å². The summed E-state index contributed by atoms with van der Waals surface area (Å²) >= 11 is 4.39. The van der Waals surface area contributed by atoms with Gasteiger partial charge in [0.15, 0.2) is 0 Å². The Kier molecular flexibility index (Phi) is 5.16. The summed E-state index contributed by atoms with van der Waals surface area (Å²) < 4.78 is 26.2. The van der Waals surface area contributed by atoms with Crippen molar-refractivity contribution >= 4 is 37.3 Å². The Labute approximate surface area is 113 Å². The molecule has 94 valence electrons. The quantitative estimate of drug-likeness (QED) is 0.831. The van der Waals surface area contributed by atoms with Gasteiger partial charge in [-0.15, -0.1) is 17.8 Å². The van der Waals surface area contributed by atoms with Crippen molar-refractivity contribution in [3.05, 3.63) is 14.7 Å². The van der Waals surface area contributed by atoms with E-state index in [0.717, 1.165) is 0 Å². The summed E-state index contributed by atoms with van der Waals surface area (Å²) in [5, 5.41) is 8.99. The lowest BCUT2D eigenvalue weighted by molar-refractivity contribution is 0.285. The van der Waals surface area contributed by atoms with Gasteiger partial charge >= 0.3 is 0 Å². The van der Waals surface area contributed by atoms with Crippen molar-refractivity contribution in [2.75, 3.05) is 13.1 Å². The summed E-state index contributed by atoms with van der Waals surface area (Å²) in [5.41, 5.74) is 0. The van der Waals surface area contributed by atoms with Gasteiger partial charge in [-0.2, -0.15) is 4.31 Å². The van der Waals surface area contributed by atoms with Crippen LogP contribution in [0.2, 0.25) is 0 Å². The normalized spacial score (nSPS) is 11.7. The lowest BCUT2D eigenvalue weighted by Gasteiger charge is -2.17. The van der Waals surface area contributed by atoms with Gasteiger partial charge in [0, 0.05) is 11.4 Å². The number of hydrogen-bond donors (Lipinski definition) is 1. The van der Waals surface area contributed by atoms with Gasteiger partial charge in [-0.25, -0.2) is 8.42 Å². The van der Waals surface area contributed by atoms with Gasteiger partial charge in [-0.1, -0.05) is 12.8 Å². The van der Waals surface area contributed by atoms with Crippen molar-refractivity contribution in [2.24, 2.45) is 0 Å². The zero-order valence-electron chi connectivity index (χ0n) is 9.18. The third-order valence-corrected chi connectivity index (χ3v) is 6.26. The molecule has 0 bridgehead atoms. The van der Waals surface area contributed by atoms with Crippen LogP contribution in [-0.4, -0.2) is 30.9 Å². The molecular formula is C10H12BrNO3S2. The molecule has 0 aromatic carbocycles. The van der Waals surface area contributed by atoms with E-state index in [1.807, 2.05) is 0 Å². The van der Waals surface area contributed by atoms with Crippen molar-refractivity contribution in [3.8, 4) is 12.3 Å². The van der Waals surface area contributed by atoms with Gasteiger partial charge in [0.25, 0.3) is 0 Å². The number of hydrogen-bond acceptors (Lipinski definition) is 4. The molecule has 0 aliphatic carbocycles. The molecule has 0 aliphatic rings. The van der Waals surface area contributed by atoms with E-state index in [4.69, 9.17) is 11.5 Å². The summed E-state index contributed by atoms with van der Waals surface area (Å²) in [5.74, 6) is 2.32. The molecule has 0 saturated heterocycles. The van der Waals surface area contributed by atoms with Crippen molar-refractivity contribution in [3.63, 3.8) is 0 Å². The summed E-state index contributed by atoms with van der Waals surface area (Å²) in [4.78, 5) is 0.746. The van der Waals surface area contributed by atoms with Gasteiger partial charge in [0.1, 0.15) is 4.90 Å². The molecule has 0 radical (unpaired) electrons. The first-order valence-corrected chi connectivity index (χ1v) is 7.85. The number of terminal acetylenes is 1. The summed E-state index contributed by atoms with van der Waals surface area (Å²) in [6.07, 6.45) is 5.14. The van der Waals surface area contributed by atoms with E-state index in [9.17, 15) is 8.42 Å². The monoisotopic (exact) mass is 337 g/mol. The highest BCUT2D eigenvalue weighted by atomic mass is 79.9. The Bertz CT molecular complexity index is 530. The minimum absolute atomic E-state index is 0.0373. The Hall–Kier alpha value is -0.390. The molecule has 0 amide bonds. The van der Waals surface area contributed by atoms with E-state index in [-0.39, 0.29) is 18.0 Å². The fraction of sp³-hybridized carbons (Fsp3) is 0.400. The largest absolute Gasteiger partial charge is 0.391 e. The highest BCUT2D eigenvalue weighted by Crippen LogP contribution is 2.33. The van der Waals surface area contributed by atoms with Gasteiger partial charge in [0.2, 0.25) is 10.0 Å². The number of aliphatic hydroxyl groups excluding tert-OH is 1. The van der Waals surface area contributed by atoms with E-state index in [0.29, 0.717) is 15.2 Å². The molecule has 0 fully saturated rings. The summed E-state index contributed by atoms with van der Waals surface area (Å²) in [7, 11) is -3.59. The first-order valence-electron chi connectivity index (χ1n) is 4.80. The maximum Gasteiger partial charge on any atom is 0.245 e. The summed E-state index contributed by atoms with van der Waals surface area (Å²) in [6, 6.07) is 1.46. The third-order valence-electron chi connectivity index (χ3n) is 2.10. The lowest BCUT2D eigenvalue weighted by atomic mass is 10.5. The second kappa shape index (κ2) is 5.98. The van der Waals surface area contributed by atoms with E-state index < -0.39 is 10.0 Å². The zero-order chi connectivity index (χ0) is 13.1. The van der Waals surface area contributed by atoms with Crippen molar-refractivity contribution in [1.29, 1.82) is 0 Å². The summed E-state index contributed by atoms with van der Waals surface area (Å²) in [6.45, 7) is 1.89. The van der Waals surface area contributed by atoms with Crippen LogP contribution in [0.1, 0.15) is 11.8 Å². The Morgan fingerprint density at radius 3 is 2.71 bits per heavy atom.